The van der Waals surface area contributed by atoms with Crippen LogP contribution in [0.4, 0.5) is 5.82 Å². The van der Waals surface area contributed by atoms with E-state index in [2.05, 4.69) is 32.8 Å². The second kappa shape index (κ2) is 9.09. The van der Waals surface area contributed by atoms with Crippen molar-refractivity contribution in [3.8, 4) is 0 Å². The molecule has 1 aliphatic rings. The zero-order valence-corrected chi connectivity index (χ0v) is 18.0. The highest BCUT2D eigenvalue weighted by molar-refractivity contribution is 7.66. The molecule has 2 aromatic heterocycles. The molecule has 0 spiro atoms. The van der Waals surface area contributed by atoms with E-state index >= 15 is 0 Å². The minimum atomic E-state index is -5.75. The summed E-state index contributed by atoms with van der Waals surface area (Å²) in [7, 11) is -16.7. The van der Waals surface area contributed by atoms with Crippen LogP contribution in [0.2, 0.25) is 0 Å². The van der Waals surface area contributed by atoms with Gasteiger partial charge in [-0.1, -0.05) is 0 Å². The Morgan fingerprint density at radius 3 is 2.34 bits per heavy atom. The van der Waals surface area contributed by atoms with E-state index in [1.165, 1.54) is 10.9 Å². The van der Waals surface area contributed by atoms with Gasteiger partial charge in [0.1, 0.15) is 30.2 Å². The minimum Gasteiger partial charge on any atom is -0.387 e. The Morgan fingerprint density at radius 2 is 1.69 bits per heavy atom. The minimum absolute atomic E-state index is 0.0368. The van der Waals surface area contributed by atoms with E-state index in [-0.39, 0.29) is 17.0 Å². The summed E-state index contributed by atoms with van der Waals surface area (Å²) in [6.07, 6.45) is -3.75. The highest BCUT2D eigenvalue weighted by Crippen LogP contribution is 2.67. The van der Waals surface area contributed by atoms with Gasteiger partial charge in [0.2, 0.25) is 0 Å². The summed E-state index contributed by atoms with van der Waals surface area (Å²) >= 11 is 0. The Kier molecular flexibility index (Phi) is 7.17. The molecule has 3 unspecified atom stereocenters. The van der Waals surface area contributed by atoms with Gasteiger partial charge >= 0.3 is 23.5 Å². The molecule has 1 aliphatic heterocycles. The van der Waals surface area contributed by atoms with Gasteiger partial charge in [-0.25, -0.2) is 33.9 Å². The van der Waals surface area contributed by atoms with Crippen molar-refractivity contribution in [2.75, 3.05) is 12.3 Å². The quantitative estimate of drug-likeness (QED) is 0.116. The maximum atomic E-state index is 11.8. The number of hydrogen-bond donors (Lipinski definition) is 7. The summed E-state index contributed by atoms with van der Waals surface area (Å²) in [4.78, 5) is 39.2. The van der Waals surface area contributed by atoms with E-state index in [9.17, 15) is 33.7 Å². The number of nitrogens with two attached hydrogens (primary N) is 1. The largest absolute Gasteiger partial charge is 0.508 e. The highest BCUT2D eigenvalue weighted by atomic mass is 31.3. The number of fused-ring (bicyclic) bond motifs is 1. The molecule has 32 heavy (non-hydrogen) atoms. The fourth-order valence-corrected chi connectivity index (χ4v) is 5.75. The van der Waals surface area contributed by atoms with E-state index in [0.29, 0.717) is 0 Å². The molecule has 7 atom stereocenters. The SMILES string of the molecule is Nc1ncnc2c1ncn2[C@@H]1O[C@H](COP(=O)(O)OP(=O)(O)OP(=O)(O)OO)[C@@H](O)[C@H]1O. The van der Waals surface area contributed by atoms with Crippen molar-refractivity contribution in [2.24, 2.45) is 0 Å². The van der Waals surface area contributed by atoms with Crippen LogP contribution in [0, 0.1) is 0 Å². The molecule has 8 N–H and O–H groups in total. The van der Waals surface area contributed by atoms with Gasteiger partial charge in [-0.05, 0) is 0 Å². The van der Waals surface area contributed by atoms with Gasteiger partial charge in [0, 0.05) is 0 Å². The van der Waals surface area contributed by atoms with Gasteiger partial charge in [-0.15, -0.1) is 4.67 Å². The molecule has 0 aromatic carbocycles. The zero-order valence-electron chi connectivity index (χ0n) is 15.3. The van der Waals surface area contributed by atoms with Crippen molar-refractivity contribution in [3.63, 3.8) is 0 Å². The lowest BCUT2D eigenvalue weighted by Gasteiger charge is -2.19. The topological polar surface area (TPSA) is 288 Å². The molecule has 0 aliphatic carbocycles. The van der Waals surface area contributed by atoms with Crippen molar-refractivity contribution < 1.29 is 66.4 Å². The van der Waals surface area contributed by atoms with E-state index < -0.39 is 54.6 Å². The number of rotatable bonds is 9. The first-order valence-electron chi connectivity index (χ1n) is 8.08. The standard InChI is InChI=1S/C10H16N5O14P3/c11-8-5-9(13-2-12-8)15(3-14-5)10-7(17)6(16)4(26-10)1-25-30(19,20)28-32(23,24)29-31(21,22)27-18/h2-4,6-7,10,16-18H,1H2,(H,19,20)(H,21,22)(H,23,24)(H2,11,12,13)/t4-,6-,7-,10-/m1/s1. The molecule has 1 fully saturated rings. The number of imidazole rings is 1. The predicted molar refractivity (Wildman–Crippen MR) is 97.0 cm³/mol. The van der Waals surface area contributed by atoms with Crippen LogP contribution >= 0.6 is 23.5 Å². The third-order valence-electron chi connectivity index (χ3n) is 3.92. The first kappa shape index (κ1) is 25.2. The van der Waals surface area contributed by atoms with Gasteiger partial charge in [-0.3, -0.25) is 9.09 Å². The molecule has 22 heteroatoms. The summed E-state index contributed by atoms with van der Waals surface area (Å²) in [5.41, 5.74) is 5.99. The average Bonchev–Trinajstić information content (AvgIpc) is 3.21. The van der Waals surface area contributed by atoms with E-state index in [4.69, 9.17) is 20.6 Å². The fraction of sp³-hybridized carbons (Fsp3) is 0.500. The summed E-state index contributed by atoms with van der Waals surface area (Å²) < 4.78 is 55.5. The number of nitrogens with zero attached hydrogens (tertiary/aromatic N) is 4. The number of hydrogen-bond acceptors (Lipinski definition) is 15. The van der Waals surface area contributed by atoms with Gasteiger partial charge in [0.15, 0.2) is 17.7 Å². The van der Waals surface area contributed by atoms with E-state index in [1.807, 2.05) is 0 Å². The highest BCUT2D eigenvalue weighted by Gasteiger charge is 2.47. The third-order valence-corrected chi connectivity index (χ3v) is 7.90. The van der Waals surface area contributed by atoms with E-state index in [0.717, 1.165) is 6.33 Å². The zero-order chi connectivity index (χ0) is 23.9. The predicted octanol–water partition coefficient (Wildman–Crippen LogP) is -1.13. The second-order valence-electron chi connectivity index (χ2n) is 6.08. The maximum absolute atomic E-state index is 11.8. The Hall–Kier alpha value is -1.40. The monoisotopic (exact) mass is 523 g/mol. The van der Waals surface area contributed by atoms with Gasteiger partial charge in [0.05, 0.1) is 12.9 Å². The molecule has 2 aromatic rings. The molecular formula is C10H16N5O14P3. The van der Waals surface area contributed by atoms with Crippen molar-refractivity contribution in [2.45, 2.75) is 24.5 Å². The van der Waals surface area contributed by atoms with Crippen LogP contribution in [0.1, 0.15) is 6.23 Å². The molecule has 1 saturated heterocycles. The van der Waals surface area contributed by atoms with Gasteiger partial charge < -0.3 is 35.4 Å². The van der Waals surface area contributed by atoms with E-state index in [1.54, 1.807) is 0 Å². The van der Waals surface area contributed by atoms with Crippen LogP contribution in [0.15, 0.2) is 12.7 Å². The Bertz CT molecular complexity index is 1130. The molecular weight excluding hydrogens is 507 g/mol. The normalized spacial score (nSPS) is 29.4. The summed E-state index contributed by atoms with van der Waals surface area (Å²) in [6, 6.07) is 0. The summed E-state index contributed by atoms with van der Waals surface area (Å²) in [5, 5.41) is 28.5. The molecule has 0 radical (unpaired) electrons. The number of aliphatic hydroxyl groups is 2. The molecule has 3 rings (SSSR count). The first-order chi connectivity index (χ1) is 14.8. The molecule has 0 saturated carbocycles. The number of ether oxygens (including phenoxy) is 1. The molecule has 0 bridgehead atoms. The van der Waals surface area contributed by atoms with Crippen LogP contribution in [-0.2, 0) is 36.3 Å². The maximum Gasteiger partial charge on any atom is 0.508 e. The molecule has 180 valence electrons. The Labute approximate surface area is 176 Å². The van der Waals surface area contributed by atoms with Crippen molar-refractivity contribution >= 4 is 40.4 Å². The number of anilines is 1. The van der Waals surface area contributed by atoms with Crippen molar-refractivity contribution in [3.05, 3.63) is 12.7 Å². The molecule has 19 nitrogen and oxygen atoms in total. The summed E-state index contributed by atoms with van der Waals surface area (Å²) in [6.45, 7) is -0.973. The van der Waals surface area contributed by atoms with Crippen molar-refractivity contribution in [1.29, 1.82) is 0 Å². The average molecular weight is 523 g/mol. The Balaban J connectivity index is 1.68. The molecule has 3 heterocycles. The lowest BCUT2D eigenvalue weighted by Crippen LogP contribution is -2.33. The second-order valence-corrected chi connectivity index (χ2v) is 10.6. The lowest BCUT2D eigenvalue weighted by molar-refractivity contribution is -0.157. The van der Waals surface area contributed by atoms with Crippen LogP contribution in [0.3, 0.4) is 0 Å². The lowest BCUT2D eigenvalue weighted by atomic mass is 10.1. The Morgan fingerprint density at radius 1 is 1.03 bits per heavy atom. The fourth-order valence-electron chi connectivity index (χ4n) is 2.63. The number of aliphatic hydroxyl groups excluding tert-OH is 2. The smallest absolute Gasteiger partial charge is 0.387 e. The molecule has 0 amide bonds. The van der Waals surface area contributed by atoms with Gasteiger partial charge in [-0.2, -0.15) is 8.62 Å². The van der Waals surface area contributed by atoms with Crippen LogP contribution < -0.4 is 5.73 Å². The van der Waals surface area contributed by atoms with Crippen LogP contribution in [0.5, 0.6) is 0 Å². The summed E-state index contributed by atoms with van der Waals surface area (Å²) in [5.74, 6) is 0.0368. The van der Waals surface area contributed by atoms with Crippen LogP contribution in [-0.4, -0.2) is 74.6 Å². The number of phosphoric ester groups is 1. The van der Waals surface area contributed by atoms with Crippen LogP contribution in [0.25, 0.3) is 11.2 Å². The number of aromatic nitrogens is 4. The number of phosphoric acid groups is 3. The number of nitrogen functional groups attached to an aromatic ring is 1. The third kappa shape index (κ3) is 5.56. The van der Waals surface area contributed by atoms with Crippen molar-refractivity contribution in [1.82, 2.24) is 19.5 Å². The van der Waals surface area contributed by atoms with Gasteiger partial charge in [0.25, 0.3) is 0 Å². The first-order valence-corrected chi connectivity index (χ1v) is 12.6.